The number of hydrogen-bond acceptors (Lipinski definition) is 5. The van der Waals surface area contributed by atoms with E-state index in [1.54, 1.807) is 29.5 Å². The summed E-state index contributed by atoms with van der Waals surface area (Å²) in [5, 5.41) is 6.26. The van der Waals surface area contributed by atoms with E-state index in [0.29, 0.717) is 23.5 Å². The van der Waals surface area contributed by atoms with Gasteiger partial charge in [-0.05, 0) is 25.1 Å². The second-order valence-electron chi connectivity index (χ2n) is 4.23. The van der Waals surface area contributed by atoms with Crippen LogP contribution < -0.4 is 16.8 Å². The van der Waals surface area contributed by atoms with Crippen LogP contribution in [0.15, 0.2) is 23.6 Å². The van der Waals surface area contributed by atoms with Gasteiger partial charge in [0.1, 0.15) is 0 Å². The first-order valence-corrected chi connectivity index (χ1v) is 6.78. The molecule has 0 saturated heterocycles. The number of nitrogen functional groups attached to an aromatic ring is 1. The Morgan fingerprint density at radius 2 is 2.26 bits per heavy atom. The lowest BCUT2D eigenvalue weighted by molar-refractivity contribution is 0.100. The third kappa shape index (κ3) is 3.45. The van der Waals surface area contributed by atoms with Crippen LogP contribution in [-0.4, -0.2) is 17.4 Å². The SMILES string of the molecule is Cc1csc(CCNc2cc(N)ccc2C(N)=O)n1. The molecular weight excluding hydrogens is 260 g/mol. The second kappa shape index (κ2) is 5.71. The van der Waals surface area contributed by atoms with Gasteiger partial charge in [0.05, 0.1) is 10.6 Å². The Hall–Kier alpha value is -2.08. The molecule has 2 aromatic rings. The highest BCUT2D eigenvalue weighted by atomic mass is 32.1. The van der Waals surface area contributed by atoms with Crippen molar-refractivity contribution in [2.45, 2.75) is 13.3 Å². The molecule has 0 radical (unpaired) electrons. The Balaban J connectivity index is 2.02. The lowest BCUT2D eigenvalue weighted by Crippen LogP contribution is -2.15. The van der Waals surface area contributed by atoms with Gasteiger partial charge in [-0.25, -0.2) is 4.98 Å². The van der Waals surface area contributed by atoms with Crippen molar-refractivity contribution in [2.75, 3.05) is 17.6 Å². The summed E-state index contributed by atoms with van der Waals surface area (Å²) in [7, 11) is 0. The predicted octanol–water partition coefficient (Wildman–Crippen LogP) is 1.79. The number of thiazole rings is 1. The number of anilines is 2. The zero-order valence-electron chi connectivity index (χ0n) is 10.6. The number of nitrogens with two attached hydrogens (primary N) is 2. The van der Waals surface area contributed by atoms with Crippen molar-refractivity contribution in [3.05, 3.63) is 39.8 Å². The number of nitrogens with zero attached hydrogens (tertiary/aromatic N) is 1. The van der Waals surface area contributed by atoms with E-state index in [9.17, 15) is 4.79 Å². The van der Waals surface area contributed by atoms with Gasteiger partial charge in [0.2, 0.25) is 0 Å². The average Bonchev–Trinajstić information content (AvgIpc) is 2.75. The lowest BCUT2D eigenvalue weighted by Gasteiger charge is -2.10. The zero-order valence-corrected chi connectivity index (χ0v) is 11.5. The molecule has 5 N–H and O–H groups in total. The fourth-order valence-electron chi connectivity index (χ4n) is 1.74. The molecule has 0 fully saturated rings. The van der Waals surface area contributed by atoms with Crippen molar-refractivity contribution in [3.8, 4) is 0 Å². The van der Waals surface area contributed by atoms with Gasteiger partial charge in [-0.3, -0.25) is 4.79 Å². The van der Waals surface area contributed by atoms with Gasteiger partial charge in [0.15, 0.2) is 0 Å². The van der Waals surface area contributed by atoms with Crippen LogP contribution in [0.3, 0.4) is 0 Å². The van der Waals surface area contributed by atoms with Crippen molar-refractivity contribution in [1.82, 2.24) is 4.98 Å². The van der Waals surface area contributed by atoms with Crippen molar-refractivity contribution < 1.29 is 4.79 Å². The molecule has 0 unspecified atom stereocenters. The average molecular weight is 276 g/mol. The molecular formula is C13H16N4OS. The highest BCUT2D eigenvalue weighted by Crippen LogP contribution is 2.19. The number of carbonyl (C=O) groups is 1. The summed E-state index contributed by atoms with van der Waals surface area (Å²) < 4.78 is 0. The summed E-state index contributed by atoms with van der Waals surface area (Å²) in [5.41, 5.74) is 13.8. The van der Waals surface area contributed by atoms with Crippen molar-refractivity contribution in [3.63, 3.8) is 0 Å². The summed E-state index contributed by atoms with van der Waals surface area (Å²) >= 11 is 1.63. The quantitative estimate of drug-likeness (QED) is 0.726. The Morgan fingerprint density at radius 3 is 2.89 bits per heavy atom. The van der Waals surface area contributed by atoms with Gasteiger partial charge in [-0.2, -0.15) is 0 Å². The van der Waals surface area contributed by atoms with E-state index in [0.717, 1.165) is 17.1 Å². The van der Waals surface area contributed by atoms with Crippen molar-refractivity contribution in [2.24, 2.45) is 5.73 Å². The summed E-state index contributed by atoms with van der Waals surface area (Å²) in [6, 6.07) is 5.01. The number of primary amides is 1. The normalized spacial score (nSPS) is 10.4. The van der Waals surface area contributed by atoms with Crippen LogP contribution in [0.1, 0.15) is 21.1 Å². The standard InChI is InChI=1S/C13H16N4OS/c1-8-7-19-12(17-8)4-5-16-11-6-9(14)2-3-10(11)13(15)18/h2-3,6-7,16H,4-5,14H2,1H3,(H2,15,18). The maximum Gasteiger partial charge on any atom is 0.250 e. The molecule has 1 aromatic carbocycles. The van der Waals surface area contributed by atoms with Crippen LogP contribution in [-0.2, 0) is 6.42 Å². The van der Waals surface area contributed by atoms with E-state index < -0.39 is 5.91 Å². The molecule has 5 nitrogen and oxygen atoms in total. The Bertz CT molecular complexity index is 594. The number of amides is 1. The van der Waals surface area contributed by atoms with E-state index in [1.807, 2.05) is 12.3 Å². The minimum absolute atomic E-state index is 0.449. The number of carbonyl (C=O) groups excluding carboxylic acids is 1. The van der Waals surface area contributed by atoms with Crippen LogP contribution in [0.25, 0.3) is 0 Å². The number of aryl methyl sites for hydroxylation is 1. The van der Waals surface area contributed by atoms with Gasteiger partial charge in [0.25, 0.3) is 5.91 Å². The molecule has 0 saturated carbocycles. The molecule has 0 aliphatic carbocycles. The Morgan fingerprint density at radius 1 is 1.47 bits per heavy atom. The van der Waals surface area contributed by atoms with Gasteiger partial charge in [-0.15, -0.1) is 11.3 Å². The highest BCUT2D eigenvalue weighted by molar-refractivity contribution is 7.09. The Labute approximate surface area is 115 Å². The highest BCUT2D eigenvalue weighted by Gasteiger charge is 2.08. The van der Waals surface area contributed by atoms with Crippen LogP contribution in [0.2, 0.25) is 0 Å². The number of rotatable bonds is 5. The van der Waals surface area contributed by atoms with Gasteiger partial charge in [-0.1, -0.05) is 0 Å². The summed E-state index contributed by atoms with van der Waals surface area (Å²) in [6.45, 7) is 2.65. The fourth-order valence-corrected chi connectivity index (χ4v) is 2.52. The van der Waals surface area contributed by atoms with E-state index in [4.69, 9.17) is 11.5 Å². The molecule has 1 amide bonds. The molecule has 1 aromatic heterocycles. The molecule has 6 heteroatoms. The van der Waals surface area contributed by atoms with Crippen LogP contribution in [0.5, 0.6) is 0 Å². The molecule has 0 aliphatic heterocycles. The van der Waals surface area contributed by atoms with Crippen LogP contribution in [0, 0.1) is 6.92 Å². The zero-order chi connectivity index (χ0) is 13.8. The maximum absolute atomic E-state index is 11.3. The van der Waals surface area contributed by atoms with Crippen LogP contribution in [0.4, 0.5) is 11.4 Å². The number of nitrogens with one attached hydrogen (secondary N) is 1. The van der Waals surface area contributed by atoms with Crippen LogP contribution >= 0.6 is 11.3 Å². The molecule has 100 valence electrons. The van der Waals surface area contributed by atoms with E-state index >= 15 is 0 Å². The Kier molecular flexibility index (Phi) is 4.01. The summed E-state index contributed by atoms with van der Waals surface area (Å²) in [6.07, 6.45) is 0.797. The molecule has 19 heavy (non-hydrogen) atoms. The van der Waals surface area contributed by atoms with E-state index in [1.165, 1.54) is 0 Å². The van der Waals surface area contributed by atoms with Crippen molar-refractivity contribution >= 4 is 28.6 Å². The molecule has 0 aliphatic rings. The lowest BCUT2D eigenvalue weighted by atomic mass is 10.1. The fraction of sp³-hybridized carbons (Fsp3) is 0.231. The first-order chi connectivity index (χ1) is 9.06. The monoisotopic (exact) mass is 276 g/mol. The van der Waals surface area contributed by atoms with Gasteiger partial charge < -0.3 is 16.8 Å². The third-order valence-corrected chi connectivity index (χ3v) is 3.66. The molecule has 0 spiro atoms. The second-order valence-corrected chi connectivity index (χ2v) is 5.17. The van der Waals surface area contributed by atoms with Crippen molar-refractivity contribution in [1.29, 1.82) is 0 Å². The van der Waals surface area contributed by atoms with Gasteiger partial charge in [0, 0.05) is 35.4 Å². The minimum atomic E-state index is -0.465. The summed E-state index contributed by atoms with van der Waals surface area (Å²) in [5.74, 6) is -0.465. The molecule has 0 atom stereocenters. The molecule has 1 heterocycles. The van der Waals surface area contributed by atoms with Gasteiger partial charge >= 0.3 is 0 Å². The third-order valence-electron chi connectivity index (χ3n) is 2.63. The minimum Gasteiger partial charge on any atom is -0.399 e. The molecule has 2 rings (SSSR count). The predicted molar refractivity (Wildman–Crippen MR) is 78.4 cm³/mol. The maximum atomic E-state index is 11.3. The number of benzene rings is 1. The smallest absolute Gasteiger partial charge is 0.250 e. The largest absolute Gasteiger partial charge is 0.399 e. The summed E-state index contributed by atoms with van der Waals surface area (Å²) in [4.78, 5) is 15.7. The molecule has 0 bridgehead atoms. The van der Waals surface area contributed by atoms with E-state index in [-0.39, 0.29) is 0 Å². The van der Waals surface area contributed by atoms with E-state index in [2.05, 4.69) is 10.3 Å². The first kappa shape index (κ1) is 13.4. The number of aromatic nitrogens is 1. The topological polar surface area (TPSA) is 94.0 Å². The first-order valence-electron chi connectivity index (χ1n) is 5.90. The number of hydrogen-bond donors (Lipinski definition) is 3.